The van der Waals surface area contributed by atoms with Crippen LogP contribution in [0.3, 0.4) is 0 Å². The fraction of sp³-hybridized carbons (Fsp3) is 0.400. The molecule has 10 heteroatoms. The first kappa shape index (κ1) is 20.1. The van der Waals surface area contributed by atoms with E-state index in [-0.39, 0.29) is 11.4 Å². The van der Waals surface area contributed by atoms with E-state index in [0.29, 0.717) is 49.5 Å². The summed E-state index contributed by atoms with van der Waals surface area (Å²) >= 11 is 0. The van der Waals surface area contributed by atoms with Crippen LogP contribution in [-0.4, -0.2) is 56.7 Å². The normalized spacial score (nSPS) is 15.5. The number of carbonyl (C=O) groups is 1. The Balaban J connectivity index is 1.56. The summed E-state index contributed by atoms with van der Waals surface area (Å²) in [6.45, 7) is 4.09. The molecule has 1 aliphatic rings. The van der Waals surface area contributed by atoms with Crippen LogP contribution < -0.4 is 4.90 Å². The number of aromatic nitrogens is 4. The third-order valence-electron chi connectivity index (χ3n) is 5.30. The summed E-state index contributed by atoms with van der Waals surface area (Å²) in [7, 11) is 1.79. The number of hydrogen-bond donors (Lipinski definition) is 0. The molecule has 0 spiro atoms. The molecule has 158 valence electrons. The van der Waals surface area contributed by atoms with Gasteiger partial charge in [0.2, 0.25) is 0 Å². The standard InChI is InChI=1S/C20H21F3N6O/c1-13-12-16(26-27(13)2)19(30)29-9-3-8-28(10-11-29)18-14-4-5-17(20(21,22)23)25-15(14)6-7-24-18/h4-7,12H,3,8-11H2,1-2H3. The number of amides is 1. The fourth-order valence-corrected chi connectivity index (χ4v) is 3.61. The number of pyridine rings is 2. The van der Waals surface area contributed by atoms with Gasteiger partial charge in [-0.1, -0.05) is 0 Å². The molecule has 4 rings (SSSR count). The summed E-state index contributed by atoms with van der Waals surface area (Å²) in [4.78, 5) is 24.7. The fourth-order valence-electron chi connectivity index (χ4n) is 3.61. The Bertz CT molecular complexity index is 1070. The highest BCUT2D eigenvalue weighted by Gasteiger charge is 2.33. The highest BCUT2D eigenvalue weighted by Crippen LogP contribution is 2.31. The van der Waals surface area contributed by atoms with Crippen molar-refractivity contribution < 1.29 is 18.0 Å². The molecular formula is C20H21F3N6O. The van der Waals surface area contributed by atoms with Crippen molar-refractivity contribution in [3.8, 4) is 0 Å². The van der Waals surface area contributed by atoms with Gasteiger partial charge in [0.05, 0.1) is 5.52 Å². The Morgan fingerprint density at radius 2 is 1.90 bits per heavy atom. The predicted octanol–water partition coefficient (Wildman–Crippen LogP) is 3.04. The number of fused-ring (bicyclic) bond motifs is 1. The average Bonchev–Trinajstić information content (AvgIpc) is 2.91. The lowest BCUT2D eigenvalue weighted by atomic mass is 10.2. The van der Waals surface area contributed by atoms with E-state index in [1.54, 1.807) is 22.7 Å². The lowest BCUT2D eigenvalue weighted by molar-refractivity contribution is -0.140. The number of hydrogen-bond acceptors (Lipinski definition) is 5. The number of anilines is 1. The van der Waals surface area contributed by atoms with Crippen molar-refractivity contribution >= 4 is 22.6 Å². The molecule has 0 aliphatic carbocycles. The molecule has 0 saturated carbocycles. The van der Waals surface area contributed by atoms with Crippen molar-refractivity contribution in [3.05, 3.63) is 47.5 Å². The second-order valence-corrected chi connectivity index (χ2v) is 7.32. The zero-order chi connectivity index (χ0) is 21.5. The maximum absolute atomic E-state index is 13.0. The van der Waals surface area contributed by atoms with Crippen LogP contribution in [0.4, 0.5) is 19.0 Å². The van der Waals surface area contributed by atoms with Crippen LogP contribution in [0, 0.1) is 6.92 Å². The third-order valence-corrected chi connectivity index (χ3v) is 5.30. The number of halogens is 3. The van der Waals surface area contributed by atoms with Gasteiger partial charge in [0.25, 0.3) is 5.91 Å². The summed E-state index contributed by atoms with van der Waals surface area (Å²) < 4.78 is 40.6. The summed E-state index contributed by atoms with van der Waals surface area (Å²) in [6.07, 6.45) is -2.32. The van der Waals surface area contributed by atoms with Crippen LogP contribution in [0.5, 0.6) is 0 Å². The quantitative estimate of drug-likeness (QED) is 0.640. The highest BCUT2D eigenvalue weighted by atomic mass is 19.4. The summed E-state index contributed by atoms with van der Waals surface area (Å²) in [6, 6.07) is 5.63. The summed E-state index contributed by atoms with van der Waals surface area (Å²) in [5, 5.41) is 4.82. The van der Waals surface area contributed by atoms with Gasteiger partial charge < -0.3 is 9.80 Å². The highest BCUT2D eigenvalue weighted by molar-refractivity contribution is 5.93. The molecule has 0 unspecified atom stereocenters. The van der Waals surface area contributed by atoms with E-state index in [9.17, 15) is 18.0 Å². The molecule has 0 bridgehead atoms. The van der Waals surface area contributed by atoms with Gasteiger partial charge in [-0.05, 0) is 37.6 Å². The van der Waals surface area contributed by atoms with Gasteiger partial charge in [-0.25, -0.2) is 9.97 Å². The second-order valence-electron chi connectivity index (χ2n) is 7.32. The smallest absolute Gasteiger partial charge is 0.354 e. The second kappa shape index (κ2) is 7.58. The van der Waals surface area contributed by atoms with Gasteiger partial charge in [0, 0.05) is 50.5 Å². The Kier molecular flexibility index (Phi) is 5.08. The molecule has 1 amide bonds. The van der Waals surface area contributed by atoms with Crippen molar-refractivity contribution in [3.63, 3.8) is 0 Å². The molecule has 7 nitrogen and oxygen atoms in total. The van der Waals surface area contributed by atoms with E-state index < -0.39 is 11.9 Å². The van der Waals surface area contributed by atoms with E-state index in [1.165, 1.54) is 18.3 Å². The summed E-state index contributed by atoms with van der Waals surface area (Å²) in [5.74, 6) is 0.458. The lowest BCUT2D eigenvalue weighted by Crippen LogP contribution is -2.35. The van der Waals surface area contributed by atoms with Crippen LogP contribution in [-0.2, 0) is 13.2 Å². The molecule has 0 atom stereocenters. The average molecular weight is 418 g/mol. The Labute approximate surface area is 171 Å². The monoisotopic (exact) mass is 418 g/mol. The van der Waals surface area contributed by atoms with Gasteiger partial charge >= 0.3 is 6.18 Å². The van der Waals surface area contributed by atoms with E-state index in [2.05, 4.69) is 15.1 Å². The van der Waals surface area contributed by atoms with Gasteiger partial charge in [0.15, 0.2) is 5.69 Å². The molecule has 0 radical (unpaired) electrons. The van der Waals surface area contributed by atoms with E-state index in [1.807, 2.05) is 11.8 Å². The van der Waals surface area contributed by atoms with Crippen molar-refractivity contribution in [2.45, 2.75) is 19.5 Å². The predicted molar refractivity (Wildman–Crippen MR) is 105 cm³/mol. The maximum Gasteiger partial charge on any atom is 0.433 e. The van der Waals surface area contributed by atoms with Gasteiger partial charge in [-0.3, -0.25) is 9.48 Å². The van der Waals surface area contributed by atoms with Crippen LogP contribution >= 0.6 is 0 Å². The zero-order valence-electron chi connectivity index (χ0n) is 16.6. The minimum Gasteiger partial charge on any atom is -0.354 e. The van der Waals surface area contributed by atoms with E-state index in [0.717, 1.165) is 11.8 Å². The SMILES string of the molecule is Cc1cc(C(=O)N2CCCN(c3nccc4nc(C(F)(F)F)ccc34)CC2)nn1C. The van der Waals surface area contributed by atoms with Crippen molar-refractivity contribution in [2.24, 2.45) is 7.05 Å². The molecular weight excluding hydrogens is 397 g/mol. The first-order chi connectivity index (χ1) is 14.2. The van der Waals surface area contributed by atoms with Gasteiger partial charge in [0.1, 0.15) is 11.5 Å². The molecule has 1 fully saturated rings. The summed E-state index contributed by atoms with van der Waals surface area (Å²) in [5.41, 5.74) is 0.637. The molecule has 30 heavy (non-hydrogen) atoms. The van der Waals surface area contributed by atoms with Crippen molar-refractivity contribution in [2.75, 3.05) is 31.1 Å². The van der Waals surface area contributed by atoms with Crippen LogP contribution in [0.25, 0.3) is 10.9 Å². The van der Waals surface area contributed by atoms with Gasteiger partial charge in [-0.15, -0.1) is 0 Å². The first-order valence-corrected chi connectivity index (χ1v) is 9.62. The molecule has 3 aromatic heterocycles. The van der Waals surface area contributed by atoms with E-state index in [4.69, 9.17) is 0 Å². The number of aryl methyl sites for hydroxylation is 2. The molecule has 1 saturated heterocycles. The Morgan fingerprint density at radius 3 is 2.60 bits per heavy atom. The lowest BCUT2D eigenvalue weighted by Gasteiger charge is -2.23. The molecule has 0 aromatic carbocycles. The maximum atomic E-state index is 13.0. The van der Waals surface area contributed by atoms with Crippen LogP contribution in [0.1, 0.15) is 28.3 Å². The molecule has 3 aromatic rings. The van der Waals surface area contributed by atoms with E-state index >= 15 is 0 Å². The van der Waals surface area contributed by atoms with Crippen molar-refractivity contribution in [1.29, 1.82) is 0 Å². The van der Waals surface area contributed by atoms with Crippen LogP contribution in [0.15, 0.2) is 30.5 Å². The number of carbonyl (C=O) groups excluding carboxylic acids is 1. The molecule has 0 N–H and O–H groups in total. The Morgan fingerprint density at radius 1 is 1.10 bits per heavy atom. The molecule has 1 aliphatic heterocycles. The Hall–Kier alpha value is -3.17. The minimum absolute atomic E-state index is 0.122. The van der Waals surface area contributed by atoms with Crippen LogP contribution in [0.2, 0.25) is 0 Å². The molecule has 4 heterocycles. The third kappa shape index (κ3) is 3.81. The minimum atomic E-state index is -4.50. The number of alkyl halides is 3. The number of nitrogens with zero attached hydrogens (tertiary/aromatic N) is 6. The van der Waals surface area contributed by atoms with Gasteiger partial charge in [-0.2, -0.15) is 18.3 Å². The topological polar surface area (TPSA) is 67.2 Å². The first-order valence-electron chi connectivity index (χ1n) is 9.62. The number of rotatable bonds is 2. The van der Waals surface area contributed by atoms with Crippen molar-refractivity contribution in [1.82, 2.24) is 24.6 Å². The largest absolute Gasteiger partial charge is 0.433 e. The zero-order valence-corrected chi connectivity index (χ0v) is 16.6.